The highest BCUT2D eigenvalue weighted by atomic mass is 19.4. The minimum atomic E-state index is -4.89. The van der Waals surface area contributed by atoms with Crippen LogP contribution in [0, 0.1) is 17.5 Å². The van der Waals surface area contributed by atoms with Crippen LogP contribution in [-0.4, -0.2) is 15.8 Å². The summed E-state index contributed by atoms with van der Waals surface area (Å²) in [7, 11) is 0. The van der Waals surface area contributed by atoms with Crippen molar-refractivity contribution in [2.75, 3.05) is 5.32 Å². The van der Waals surface area contributed by atoms with Gasteiger partial charge in [0, 0.05) is 5.56 Å². The molecule has 1 aromatic heterocycles. The van der Waals surface area contributed by atoms with Gasteiger partial charge in [-0.15, -0.1) is 0 Å². The molecule has 0 fully saturated rings. The standard InChI is InChI=1S/C18H10F7N3O/c19-8-10-7-15(18(23,24)25)27-28(10)17(29)26-14-4-2-1-3-11(14)9-5-12(20)16(22)13(21)6-9/h1-7H,8H2,(H,26,29). The summed E-state index contributed by atoms with van der Waals surface area (Å²) in [5.74, 6) is -4.62. The Balaban J connectivity index is 1.99. The second-order valence-corrected chi connectivity index (χ2v) is 5.79. The lowest BCUT2D eigenvalue weighted by Gasteiger charge is -2.12. The van der Waals surface area contributed by atoms with Crippen molar-refractivity contribution in [2.24, 2.45) is 0 Å². The zero-order valence-corrected chi connectivity index (χ0v) is 14.2. The van der Waals surface area contributed by atoms with Crippen LogP contribution in [0.4, 0.5) is 41.2 Å². The van der Waals surface area contributed by atoms with E-state index in [2.05, 4.69) is 10.4 Å². The van der Waals surface area contributed by atoms with Gasteiger partial charge in [0.15, 0.2) is 23.1 Å². The minimum Gasteiger partial charge on any atom is -0.305 e. The van der Waals surface area contributed by atoms with Crippen LogP contribution in [0.15, 0.2) is 42.5 Å². The topological polar surface area (TPSA) is 46.9 Å². The van der Waals surface area contributed by atoms with Gasteiger partial charge in [0.1, 0.15) is 6.67 Å². The predicted molar refractivity (Wildman–Crippen MR) is 88.2 cm³/mol. The second-order valence-electron chi connectivity index (χ2n) is 5.79. The van der Waals surface area contributed by atoms with E-state index in [1.54, 1.807) is 0 Å². The molecule has 3 rings (SSSR count). The van der Waals surface area contributed by atoms with Crippen molar-refractivity contribution in [1.82, 2.24) is 9.78 Å². The minimum absolute atomic E-state index is 0.0450. The number of halogens is 7. The fourth-order valence-electron chi connectivity index (χ4n) is 2.55. The molecule has 152 valence electrons. The van der Waals surface area contributed by atoms with Crippen LogP contribution >= 0.6 is 0 Å². The van der Waals surface area contributed by atoms with Crippen LogP contribution in [-0.2, 0) is 12.9 Å². The Bertz CT molecular complexity index is 1050. The summed E-state index contributed by atoms with van der Waals surface area (Å²) < 4.78 is 91.8. The molecule has 0 atom stereocenters. The lowest BCUT2D eigenvalue weighted by molar-refractivity contribution is -0.141. The molecule has 0 radical (unpaired) electrons. The summed E-state index contributed by atoms with van der Waals surface area (Å²) in [6.07, 6.45) is -4.89. The molecule has 1 N–H and O–H groups in total. The third kappa shape index (κ3) is 4.08. The number of carbonyl (C=O) groups excluding carboxylic acids is 1. The average molecular weight is 417 g/mol. The smallest absolute Gasteiger partial charge is 0.305 e. The number of benzene rings is 2. The number of hydrogen-bond donors (Lipinski definition) is 1. The van der Waals surface area contributed by atoms with Crippen LogP contribution in [0.2, 0.25) is 0 Å². The van der Waals surface area contributed by atoms with Gasteiger partial charge in [-0.2, -0.15) is 23.0 Å². The van der Waals surface area contributed by atoms with E-state index in [9.17, 15) is 35.5 Å². The molecule has 1 heterocycles. The molecule has 0 unspecified atom stereocenters. The molecule has 0 aliphatic heterocycles. The zero-order valence-electron chi connectivity index (χ0n) is 14.2. The van der Waals surface area contributed by atoms with Crippen LogP contribution in [0.25, 0.3) is 11.1 Å². The molecular formula is C18H10F7N3O. The van der Waals surface area contributed by atoms with Crippen molar-refractivity contribution < 1.29 is 35.5 Å². The molecular weight excluding hydrogens is 407 g/mol. The van der Waals surface area contributed by atoms with Gasteiger partial charge < -0.3 is 5.32 Å². The zero-order chi connectivity index (χ0) is 21.3. The first-order chi connectivity index (χ1) is 13.6. The van der Waals surface area contributed by atoms with E-state index in [4.69, 9.17) is 0 Å². The Kier molecular flexibility index (Phi) is 5.31. The summed E-state index contributed by atoms with van der Waals surface area (Å²) in [4.78, 5) is 12.4. The number of carbonyl (C=O) groups is 1. The molecule has 3 aromatic rings. The Morgan fingerprint density at radius 3 is 2.24 bits per heavy atom. The van der Waals surface area contributed by atoms with Crippen molar-refractivity contribution in [3.05, 3.63) is 71.3 Å². The highest BCUT2D eigenvalue weighted by Crippen LogP contribution is 2.31. The van der Waals surface area contributed by atoms with Crippen LogP contribution in [0.1, 0.15) is 11.4 Å². The van der Waals surface area contributed by atoms with Crippen LogP contribution < -0.4 is 5.32 Å². The third-order valence-corrected chi connectivity index (χ3v) is 3.87. The fraction of sp³-hybridized carbons (Fsp3) is 0.111. The SMILES string of the molecule is O=C(Nc1ccccc1-c1cc(F)c(F)c(F)c1)n1nc(C(F)(F)F)cc1CF. The number of anilines is 1. The van der Waals surface area contributed by atoms with Crippen molar-refractivity contribution in [2.45, 2.75) is 12.9 Å². The summed E-state index contributed by atoms with van der Waals surface area (Å²) in [6, 6.07) is 6.03. The largest absolute Gasteiger partial charge is 0.435 e. The van der Waals surface area contributed by atoms with Crippen molar-refractivity contribution in [3.8, 4) is 11.1 Å². The molecule has 0 saturated carbocycles. The maximum absolute atomic E-state index is 13.5. The van der Waals surface area contributed by atoms with Crippen molar-refractivity contribution in [3.63, 3.8) is 0 Å². The van der Waals surface area contributed by atoms with Gasteiger partial charge in [-0.05, 0) is 29.8 Å². The number of hydrogen-bond acceptors (Lipinski definition) is 2. The van der Waals surface area contributed by atoms with Crippen molar-refractivity contribution >= 4 is 11.7 Å². The van der Waals surface area contributed by atoms with Gasteiger partial charge in [-0.1, -0.05) is 18.2 Å². The number of nitrogens with zero attached hydrogens (tertiary/aromatic N) is 2. The monoisotopic (exact) mass is 417 g/mol. The molecule has 0 spiro atoms. The van der Waals surface area contributed by atoms with Gasteiger partial charge in [-0.3, -0.25) is 0 Å². The predicted octanol–water partition coefficient (Wildman–Crippen LogP) is 5.54. The number of rotatable bonds is 3. The summed E-state index contributed by atoms with van der Waals surface area (Å²) in [5.41, 5.74) is -2.28. The van der Waals surface area contributed by atoms with E-state index in [0.29, 0.717) is 18.2 Å². The molecule has 0 aliphatic carbocycles. The van der Waals surface area contributed by atoms with E-state index in [1.807, 2.05) is 0 Å². The number of para-hydroxylation sites is 1. The lowest BCUT2D eigenvalue weighted by Crippen LogP contribution is -2.23. The summed E-state index contributed by atoms with van der Waals surface area (Å²) in [5, 5.41) is 5.27. The Labute approximate surface area is 158 Å². The molecule has 4 nitrogen and oxygen atoms in total. The Hall–Kier alpha value is -3.37. The van der Waals surface area contributed by atoms with Gasteiger partial charge in [-0.25, -0.2) is 22.4 Å². The maximum atomic E-state index is 13.5. The maximum Gasteiger partial charge on any atom is 0.435 e. The van der Waals surface area contributed by atoms with Gasteiger partial charge in [0.05, 0.1) is 11.4 Å². The fourth-order valence-corrected chi connectivity index (χ4v) is 2.55. The molecule has 29 heavy (non-hydrogen) atoms. The van der Waals surface area contributed by atoms with E-state index in [1.165, 1.54) is 24.3 Å². The number of aromatic nitrogens is 2. The molecule has 2 aromatic carbocycles. The third-order valence-electron chi connectivity index (χ3n) is 3.87. The second kappa shape index (κ2) is 7.57. The first-order valence-corrected chi connectivity index (χ1v) is 7.89. The van der Waals surface area contributed by atoms with Crippen LogP contribution in [0.3, 0.4) is 0 Å². The average Bonchev–Trinajstić information content (AvgIpc) is 3.11. The Morgan fingerprint density at radius 1 is 1.03 bits per heavy atom. The molecule has 0 aliphatic rings. The van der Waals surface area contributed by atoms with E-state index in [0.717, 1.165) is 0 Å². The first-order valence-electron chi connectivity index (χ1n) is 7.89. The highest BCUT2D eigenvalue weighted by Gasteiger charge is 2.35. The molecule has 11 heteroatoms. The van der Waals surface area contributed by atoms with E-state index >= 15 is 0 Å². The number of alkyl halides is 4. The Morgan fingerprint density at radius 2 is 1.66 bits per heavy atom. The lowest BCUT2D eigenvalue weighted by atomic mass is 10.0. The normalized spacial score (nSPS) is 11.6. The molecule has 1 amide bonds. The van der Waals surface area contributed by atoms with Gasteiger partial charge >= 0.3 is 12.2 Å². The quantitative estimate of drug-likeness (QED) is 0.450. The van der Waals surface area contributed by atoms with Crippen LogP contribution in [0.5, 0.6) is 0 Å². The van der Waals surface area contributed by atoms with E-state index in [-0.39, 0.29) is 21.5 Å². The van der Waals surface area contributed by atoms with Gasteiger partial charge in [0.2, 0.25) is 0 Å². The highest BCUT2D eigenvalue weighted by molar-refractivity contribution is 5.95. The molecule has 0 bridgehead atoms. The number of nitrogens with one attached hydrogen (secondary N) is 1. The summed E-state index contributed by atoms with van der Waals surface area (Å²) >= 11 is 0. The van der Waals surface area contributed by atoms with Gasteiger partial charge in [0.25, 0.3) is 0 Å². The molecule has 0 saturated heterocycles. The number of amides is 1. The summed E-state index contributed by atoms with van der Waals surface area (Å²) in [6.45, 7) is -1.40. The van der Waals surface area contributed by atoms with Crippen molar-refractivity contribution in [1.29, 1.82) is 0 Å². The van der Waals surface area contributed by atoms with E-state index < -0.39 is 47.7 Å². The first kappa shape index (κ1) is 20.4.